The zero-order valence-corrected chi connectivity index (χ0v) is 13.9. The first-order valence-electron chi connectivity index (χ1n) is 7.63. The van der Waals surface area contributed by atoms with Crippen LogP contribution in [0.4, 0.5) is 11.4 Å². The first-order chi connectivity index (χ1) is 11.9. The third-order valence-corrected chi connectivity index (χ3v) is 3.62. The van der Waals surface area contributed by atoms with Crippen molar-refractivity contribution in [2.24, 2.45) is 0 Å². The molecule has 0 aromatic heterocycles. The number of Topliss-reactive ketones (excluding diaryl/α,β-unsaturated/α-hetero) is 1. The van der Waals surface area contributed by atoms with Crippen molar-refractivity contribution in [3.8, 4) is 5.75 Å². The van der Waals surface area contributed by atoms with Crippen LogP contribution in [0.15, 0.2) is 42.5 Å². The van der Waals surface area contributed by atoms with Gasteiger partial charge in [-0.15, -0.1) is 0 Å². The molecular formula is C18H18N2O5. The molecular weight excluding hydrogens is 324 g/mol. The van der Waals surface area contributed by atoms with E-state index in [-0.39, 0.29) is 30.0 Å². The Morgan fingerprint density at radius 1 is 1.12 bits per heavy atom. The molecule has 0 atom stereocenters. The number of carbonyl (C=O) groups excluding carboxylic acids is 2. The normalized spacial score (nSPS) is 10.2. The molecule has 0 aliphatic carbocycles. The highest BCUT2D eigenvalue weighted by Gasteiger charge is 2.15. The van der Waals surface area contributed by atoms with Gasteiger partial charge in [-0.3, -0.25) is 19.7 Å². The van der Waals surface area contributed by atoms with E-state index >= 15 is 0 Å². The number of carbonyl (C=O) groups is 2. The van der Waals surface area contributed by atoms with Gasteiger partial charge in [0.25, 0.3) is 5.69 Å². The number of nitrogens with zero attached hydrogens (tertiary/aromatic N) is 1. The topological polar surface area (TPSA) is 98.5 Å². The van der Waals surface area contributed by atoms with Crippen LogP contribution in [-0.2, 0) is 4.79 Å². The molecule has 1 amide bonds. The number of benzene rings is 2. The number of ketones is 1. The number of nitro groups is 1. The maximum atomic E-state index is 12.1. The second-order valence-electron chi connectivity index (χ2n) is 5.48. The number of nitrogens with one attached hydrogen (secondary N) is 1. The van der Waals surface area contributed by atoms with Gasteiger partial charge in [-0.25, -0.2) is 0 Å². The quantitative estimate of drug-likeness (QED) is 0.471. The van der Waals surface area contributed by atoms with Gasteiger partial charge < -0.3 is 10.1 Å². The Kier molecular flexibility index (Phi) is 5.84. The lowest BCUT2D eigenvalue weighted by molar-refractivity contribution is -0.384. The van der Waals surface area contributed by atoms with E-state index in [0.717, 1.165) is 5.56 Å². The predicted octanol–water partition coefficient (Wildman–Crippen LogP) is 3.51. The molecule has 0 unspecified atom stereocenters. The van der Waals surface area contributed by atoms with Crippen LogP contribution >= 0.6 is 0 Å². The molecule has 0 saturated heterocycles. The Hall–Kier alpha value is -3.22. The number of amides is 1. The number of anilines is 1. The van der Waals surface area contributed by atoms with Gasteiger partial charge >= 0.3 is 0 Å². The Morgan fingerprint density at radius 3 is 2.40 bits per heavy atom. The SMILES string of the molecule is COc1ccc([N+](=O)[O-])cc1NC(=O)CCC(=O)c1ccc(C)cc1. The summed E-state index contributed by atoms with van der Waals surface area (Å²) in [5.74, 6) is -0.246. The maximum Gasteiger partial charge on any atom is 0.271 e. The van der Waals surface area contributed by atoms with Crippen molar-refractivity contribution in [3.05, 3.63) is 63.7 Å². The van der Waals surface area contributed by atoms with E-state index in [1.807, 2.05) is 19.1 Å². The number of hydrogen-bond donors (Lipinski definition) is 1. The number of ether oxygens (including phenoxy) is 1. The second kappa shape index (κ2) is 8.05. The minimum Gasteiger partial charge on any atom is -0.495 e. The largest absolute Gasteiger partial charge is 0.495 e. The fraction of sp³-hybridized carbons (Fsp3) is 0.222. The van der Waals surface area contributed by atoms with Crippen molar-refractivity contribution in [3.63, 3.8) is 0 Å². The molecule has 25 heavy (non-hydrogen) atoms. The monoisotopic (exact) mass is 342 g/mol. The van der Waals surface area contributed by atoms with Gasteiger partial charge in [0.05, 0.1) is 17.7 Å². The molecule has 0 radical (unpaired) electrons. The zero-order valence-electron chi connectivity index (χ0n) is 13.9. The van der Waals surface area contributed by atoms with Crippen LogP contribution in [0.1, 0.15) is 28.8 Å². The molecule has 0 heterocycles. The lowest BCUT2D eigenvalue weighted by Crippen LogP contribution is -2.14. The van der Waals surface area contributed by atoms with Gasteiger partial charge in [-0.05, 0) is 13.0 Å². The van der Waals surface area contributed by atoms with Gasteiger partial charge in [-0.2, -0.15) is 0 Å². The number of hydrogen-bond acceptors (Lipinski definition) is 5. The summed E-state index contributed by atoms with van der Waals surface area (Å²) in [4.78, 5) is 34.4. The van der Waals surface area contributed by atoms with E-state index < -0.39 is 10.8 Å². The van der Waals surface area contributed by atoms with Gasteiger partial charge in [0.1, 0.15) is 5.75 Å². The Labute approximate surface area is 144 Å². The van der Waals surface area contributed by atoms with Gasteiger partial charge in [0.2, 0.25) is 5.91 Å². The fourth-order valence-electron chi connectivity index (χ4n) is 2.23. The van der Waals surface area contributed by atoms with Gasteiger partial charge in [0.15, 0.2) is 5.78 Å². The van der Waals surface area contributed by atoms with Crippen LogP contribution in [0.25, 0.3) is 0 Å². The van der Waals surface area contributed by atoms with Crippen LogP contribution in [0, 0.1) is 17.0 Å². The minimum absolute atomic E-state index is 0.0292. The van der Waals surface area contributed by atoms with Crippen molar-refractivity contribution >= 4 is 23.1 Å². The Morgan fingerprint density at radius 2 is 1.80 bits per heavy atom. The van der Waals surface area contributed by atoms with Crippen molar-refractivity contribution in [1.82, 2.24) is 0 Å². The molecule has 0 bridgehead atoms. The first kappa shape index (κ1) is 18.1. The number of non-ortho nitro benzene ring substituents is 1. The van der Waals surface area contributed by atoms with E-state index in [4.69, 9.17) is 4.74 Å². The summed E-state index contributed by atoms with van der Waals surface area (Å²) in [7, 11) is 1.40. The first-order valence-corrected chi connectivity index (χ1v) is 7.63. The van der Waals surface area contributed by atoms with E-state index in [1.165, 1.54) is 25.3 Å². The second-order valence-corrected chi connectivity index (χ2v) is 5.48. The molecule has 7 nitrogen and oxygen atoms in total. The number of nitro benzene ring substituents is 1. The summed E-state index contributed by atoms with van der Waals surface area (Å²) in [5.41, 5.74) is 1.63. The van der Waals surface area contributed by atoms with E-state index in [9.17, 15) is 19.7 Å². The molecule has 130 valence electrons. The van der Waals surface area contributed by atoms with Gasteiger partial charge in [-0.1, -0.05) is 29.8 Å². The van der Waals surface area contributed by atoms with Crippen molar-refractivity contribution in [2.75, 3.05) is 12.4 Å². The predicted molar refractivity (Wildman–Crippen MR) is 93.0 cm³/mol. The summed E-state index contributed by atoms with van der Waals surface area (Å²) in [5, 5.41) is 13.4. The summed E-state index contributed by atoms with van der Waals surface area (Å²) in [6, 6.07) is 11.0. The summed E-state index contributed by atoms with van der Waals surface area (Å²) in [6.07, 6.45) is 0.0185. The molecule has 0 spiro atoms. The van der Waals surface area contributed by atoms with E-state index in [0.29, 0.717) is 11.3 Å². The van der Waals surface area contributed by atoms with Crippen LogP contribution in [0.3, 0.4) is 0 Å². The third kappa shape index (κ3) is 4.87. The number of aryl methyl sites for hydroxylation is 1. The van der Waals surface area contributed by atoms with Crippen molar-refractivity contribution in [2.45, 2.75) is 19.8 Å². The minimum atomic E-state index is -0.560. The molecule has 0 fully saturated rings. The molecule has 7 heteroatoms. The fourth-order valence-corrected chi connectivity index (χ4v) is 2.23. The highest BCUT2D eigenvalue weighted by atomic mass is 16.6. The number of methoxy groups -OCH3 is 1. The van der Waals surface area contributed by atoms with Crippen molar-refractivity contribution < 1.29 is 19.2 Å². The number of rotatable bonds is 7. The summed E-state index contributed by atoms with van der Waals surface area (Å²) < 4.78 is 5.08. The summed E-state index contributed by atoms with van der Waals surface area (Å²) >= 11 is 0. The van der Waals surface area contributed by atoms with Crippen LogP contribution in [0.2, 0.25) is 0 Å². The average Bonchev–Trinajstić information content (AvgIpc) is 2.60. The molecule has 0 aliphatic rings. The van der Waals surface area contributed by atoms with Crippen LogP contribution in [0.5, 0.6) is 5.75 Å². The molecule has 2 rings (SSSR count). The molecule has 0 saturated carbocycles. The maximum absolute atomic E-state index is 12.1. The highest BCUT2D eigenvalue weighted by Crippen LogP contribution is 2.29. The van der Waals surface area contributed by atoms with Gasteiger partial charge in [0, 0.05) is 30.5 Å². The molecule has 0 aliphatic heterocycles. The Bertz CT molecular complexity index is 800. The molecule has 2 aromatic carbocycles. The highest BCUT2D eigenvalue weighted by molar-refractivity contribution is 6.00. The van der Waals surface area contributed by atoms with Crippen LogP contribution < -0.4 is 10.1 Å². The van der Waals surface area contributed by atoms with E-state index in [1.54, 1.807) is 12.1 Å². The standard InChI is InChI=1S/C18H18N2O5/c1-12-3-5-13(6-4-12)16(21)8-10-18(22)19-15-11-14(20(23)24)7-9-17(15)25-2/h3-7,9,11H,8,10H2,1-2H3,(H,19,22). The smallest absolute Gasteiger partial charge is 0.271 e. The lowest BCUT2D eigenvalue weighted by atomic mass is 10.0. The zero-order chi connectivity index (χ0) is 18.4. The third-order valence-electron chi connectivity index (χ3n) is 3.62. The Balaban J connectivity index is 2.00. The average molecular weight is 342 g/mol. The lowest BCUT2D eigenvalue weighted by Gasteiger charge is -2.10. The molecule has 1 N–H and O–H groups in total. The van der Waals surface area contributed by atoms with Crippen molar-refractivity contribution in [1.29, 1.82) is 0 Å². The van der Waals surface area contributed by atoms with Crippen LogP contribution in [-0.4, -0.2) is 23.7 Å². The van der Waals surface area contributed by atoms with E-state index in [2.05, 4.69) is 5.32 Å². The summed E-state index contributed by atoms with van der Waals surface area (Å²) in [6.45, 7) is 1.92. The molecule has 2 aromatic rings.